The molecule has 2 rings (SSSR count). The summed E-state index contributed by atoms with van der Waals surface area (Å²) >= 11 is 0.215. The zero-order chi connectivity index (χ0) is 10.7. The fourth-order valence-electron chi connectivity index (χ4n) is 1.34. The molecule has 3 heteroatoms. The predicted molar refractivity (Wildman–Crippen MR) is 58.8 cm³/mol. The van der Waals surface area contributed by atoms with Crippen LogP contribution in [0.3, 0.4) is 0 Å². The van der Waals surface area contributed by atoms with Crippen LogP contribution in [-0.2, 0) is 0 Å². The molecule has 0 unspecified atom stereocenters. The molecule has 0 heterocycles. The lowest BCUT2D eigenvalue weighted by Gasteiger charge is -2.01. The fraction of sp³-hybridized carbons (Fsp3) is 0. The molecule has 0 atom stereocenters. The second-order valence-electron chi connectivity index (χ2n) is 3.11. The third-order valence-electron chi connectivity index (χ3n) is 2.12. The first-order valence-electron chi connectivity index (χ1n) is 4.44. The Morgan fingerprint density at radius 2 is 1.20 bits per heavy atom. The monoisotopic (exact) mass is 222 g/mol. The molecule has 0 bridgehead atoms. The lowest BCUT2D eigenvalue weighted by molar-refractivity contribution is 0.628. The van der Waals surface area contributed by atoms with Gasteiger partial charge in [-0.15, -0.1) is 0 Å². The molecule has 15 heavy (non-hydrogen) atoms. The Kier molecular flexibility index (Phi) is 3.02. The first-order valence-corrected chi connectivity index (χ1v) is 5.16. The lowest BCUT2D eigenvalue weighted by Crippen LogP contribution is -1.78. The second-order valence-corrected chi connectivity index (χ2v) is 3.73. The van der Waals surface area contributed by atoms with Gasteiger partial charge in [0.1, 0.15) is 5.82 Å². The molecule has 0 radical (unpaired) electrons. The molecule has 0 aliphatic rings. The average molecular weight is 222 g/mol. The highest BCUT2D eigenvalue weighted by atomic mass is 32.2. The molecule has 2 aromatic carbocycles. The van der Waals surface area contributed by atoms with Crippen LogP contribution < -0.4 is 0 Å². The van der Waals surface area contributed by atoms with Gasteiger partial charge in [0, 0.05) is 4.90 Å². The van der Waals surface area contributed by atoms with Gasteiger partial charge in [-0.3, -0.25) is 0 Å². The molecule has 76 valence electrons. The van der Waals surface area contributed by atoms with Crippen molar-refractivity contribution in [1.82, 2.24) is 0 Å². The number of halogens is 2. The van der Waals surface area contributed by atoms with E-state index in [2.05, 4.69) is 0 Å². The van der Waals surface area contributed by atoms with E-state index in [-0.39, 0.29) is 18.0 Å². The quantitative estimate of drug-likeness (QED) is 0.722. The van der Waals surface area contributed by atoms with Crippen LogP contribution in [-0.4, -0.2) is 0 Å². The van der Waals surface area contributed by atoms with Crippen LogP contribution in [0, 0.1) is 5.82 Å². The van der Waals surface area contributed by atoms with Crippen molar-refractivity contribution >= 4 is 12.1 Å². The summed E-state index contributed by atoms with van der Waals surface area (Å²) in [6.07, 6.45) is 0. The van der Waals surface area contributed by atoms with Gasteiger partial charge in [-0.25, -0.2) is 4.39 Å². The van der Waals surface area contributed by atoms with Crippen molar-refractivity contribution in [1.29, 1.82) is 0 Å². The Balaban J connectivity index is 2.33. The van der Waals surface area contributed by atoms with Gasteiger partial charge in [0.25, 0.3) is 0 Å². The minimum absolute atomic E-state index is 0.215. The van der Waals surface area contributed by atoms with Gasteiger partial charge in [-0.2, -0.15) is 3.89 Å². The Morgan fingerprint density at radius 3 is 1.67 bits per heavy atom. The van der Waals surface area contributed by atoms with Crippen molar-refractivity contribution < 1.29 is 8.28 Å². The molecule has 0 aliphatic carbocycles. The SMILES string of the molecule is FSc1ccc(-c2ccc(F)cc2)cc1. The molecule has 0 N–H and O–H groups in total. The van der Waals surface area contributed by atoms with Crippen molar-refractivity contribution in [2.45, 2.75) is 4.90 Å². The van der Waals surface area contributed by atoms with Crippen LogP contribution >= 0.6 is 12.1 Å². The van der Waals surface area contributed by atoms with E-state index in [0.29, 0.717) is 4.90 Å². The van der Waals surface area contributed by atoms with Crippen molar-refractivity contribution in [2.75, 3.05) is 0 Å². The van der Waals surface area contributed by atoms with Gasteiger partial charge in [-0.05, 0) is 35.4 Å². The molecule has 0 aliphatic heterocycles. The molecule has 0 saturated carbocycles. The predicted octanol–water partition coefficient (Wildman–Crippen LogP) is 4.47. The van der Waals surface area contributed by atoms with E-state index in [0.717, 1.165) is 11.1 Å². The molecule has 0 nitrogen and oxygen atoms in total. The smallest absolute Gasteiger partial charge is 0.123 e. The highest BCUT2D eigenvalue weighted by Crippen LogP contribution is 2.24. The first kappa shape index (κ1) is 10.2. The van der Waals surface area contributed by atoms with Crippen molar-refractivity contribution in [3.05, 3.63) is 54.3 Å². The number of benzene rings is 2. The van der Waals surface area contributed by atoms with Crippen LogP contribution in [0.15, 0.2) is 53.4 Å². The molecule has 0 fully saturated rings. The van der Waals surface area contributed by atoms with Crippen molar-refractivity contribution in [3.8, 4) is 11.1 Å². The highest BCUT2D eigenvalue weighted by molar-refractivity contribution is 7.94. The maximum atomic E-state index is 12.7. The summed E-state index contributed by atoms with van der Waals surface area (Å²) in [5.41, 5.74) is 1.87. The maximum absolute atomic E-state index is 12.7. The first-order chi connectivity index (χ1) is 7.29. The summed E-state index contributed by atoms with van der Waals surface area (Å²) in [5, 5.41) is 0. The number of hydrogen-bond donors (Lipinski definition) is 0. The van der Waals surface area contributed by atoms with E-state index in [1.807, 2.05) is 12.1 Å². The van der Waals surface area contributed by atoms with Crippen LogP contribution in [0.4, 0.5) is 8.28 Å². The topological polar surface area (TPSA) is 0 Å². The molecule has 0 saturated heterocycles. The molecular weight excluding hydrogens is 214 g/mol. The third-order valence-corrected chi connectivity index (χ3v) is 2.57. The van der Waals surface area contributed by atoms with Gasteiger partial charge < -0.3 is 0 Å². The summed E-state index contributed by atoms with van der Waals surface area (Å²) < 4.78 is 24.8. The minimum atomic E-state index is -0.255. The normalized spacial score (nSPS) is 10.3. The molecular formula is C12H8F2S. The van der Waals surface area contributed by atoms with Crippen LogP contribution in [0.25, 0.3) is 11.1 Å². The summed E-state index contributed by atoms with van der Waals surface area (Å²) in [6.45, 7) is 0. The Labute approximate surface area is 91.2 Å². The van der Waals surface area contributed by atoms with E-state index in [1.165, 1.54) is 12.1 Å². The van der Waals surface area contributed by atoms with Crippen LogP contribution in [0.2, 0.25) is 0 Å². The van der Waals surface area contributed by atoms with Gasteiger partial charge in [0.15, 0.2) is 0 Å². The van der Waals surface area contributed by atoms with E-state index in [4.69, 9.17) is 0 Å². The lowest BCUT2D eigenvalue weighted by atomic mass is 10.1. The summed E-state index contributed by atoms with van der Waals surface area (Å²) in [7, 11) is 0. The van der Waals surface area contributed by atoms with Gasteiger partial charge >= 0.3 is 0 Å². The maximum Gasteiger partial charge on any atom is 0.123 e. The van der Waals surface area contributed by atoms with Gasteiger partial charge in [0.2, 0.25) is 0 Å². The van der Waals surface area contributed by atoms with E-state index in [1.54, 1.807) is 24.3 Å². The molecule has 2 aromatic rings. The average Bonchev–Trinajstić information content (AvgIpc) is 2.30. The summed E-state index contributed by atoms with van der Waals surface area (Å²) in [4.78, 5) is 0.570. The summed E-state index contributed by atoms with van der Waals surface area (Å²) in [5.74, 6) is -0.255. The Morgan fingerprint density at radius 1 is 0.733 bits per heavy atom. The van der Waals surface area contributed by atoms with Crippen LogP contribution in [0.1, 0.15) is 0 Å². The molecule has 0 spiro atoms. The Hall–Kier alpha value is -1.35. The van der Waals surface area contributed by atoms with Crippen molar-refractivity contribution in [3.63, 3.8) is 0 Å². The third kappa shape index (κ3) is 2.36. The second kappa shape index (κ2) is 4.45. The van der Waals surface area contributed by atoms with Crippen LogP contribution in [0.5, 0.6) is 0 Å². The zero-order valence-electron chi connectivity index (χ0n) is 7.78. The van der Waals surface area contributed by atoms with E-state index in [9.17, 15) is 8.28 Å². The minimum Gasteiger partial charge on any atom is -0.207 e. The molecule has 0 amide bonds. The molecule has 0 aromatic heterocycles. The van der Waals surface area contributed by atoms with E-state index < -0.39 is 0 Å². The standard InChI is InChI=1S/C12H8F2S/c13-11-5-1-9(2-6-11)10-3-7-12(15-14)8-4-10/h1-8H. The highest BCUT2D eigenvalue weighted by Gasteiger charge is 1.98. The van der Waals surface area contributed by atoms with E-state index >= 15 is 0 Å². The van der Waals surface area contributed by atoms with Gasteiger partial charge in [0.05, 0.1) is 12.1 Å². The zero-order valence-corrected chi connectivity index (χ0v) is 8.60. The number of rotatable bonds is 2. The van der Waals surface area contributed by atoms with Gasteiger partial charge in [-0.1, -0.05) is 24.3 Å². The fourth-order valence-corrected chi connectivity index (χ4v) is 1.58. The number of hydrogen-bond acceptors (Lipinski definition) is 1. The summed E-state index contributed by atoms with van der Waals surface area (Å²) in [6, 6.07) is 13.2. The van der Waals surface area contributed by atoms with Crippen molar-refractivity contribution in [2.24, 2.45) is 0 Å². The largest absolute Gasteiger partial charge is 0.207 e. The Bertz CT molecular complexity index is 434.